The minimum absolute atomic E-state index is 0.174. The molecule has 0 aliphatic heterocycles. The second kappa shape index (κ2) is 6.37. The van der Waals surface area contributed by atoms with E-state index in [1.165, 1.54) is 0 Å². The monoisotopic (exact) mass is 315 g/mol. The van der Waals surface area contributed by atoms with Crippen LogP contribution >= 0.6 is 0 Å². The fourth-order valence-electron chi connectivity index (χ4n) is 2.76. The van der Waals surface area contributed by atoms with Crippen molar-refractivity contribution in [3.05, 3.63) is 35.2 Å². The quantitative estimate of drug-likeness (QED) is 0.881. The van der Waals surface area contributed by atoms with Gasteiger partial charge < -0.3 is 20.5 Å². The number of nitrogen functional groups attached to an aromatic ring is 1. The molecule has 1 aromatic carbocycles. The van der Waals surface area contributed by atoms with Crippen molar-refractivity contribution in [3.63, 3.8) is 0 Å². The molecule has 2 aromatic rings. The summed E-state index contributed by atoms with van der Waals surface area (Å²) in [5, 5.41) is 10.1. The number of benzene rings is 1. The van der Waals surface area contributed by atoms with Crippen LogP contribution in [-0.2, 0) is 13.0 Å². The number of rotatable bonds is 4. The SMILES string of the molecule is CN(C)c1nc(N)nc(COc2cccc3c2CCCC3O)n1. The standard InChI is InChI=1S/C16H21N5O2/c1-21(2)16-19-14(18-15(17)20-16)9-23-13-8-4-5-10-11(13)6-3-7-12(10)22/h4-5,8,12,22H,3,6-7,9H2,1-2H3,(H2,17,18,19,20). The Morgan fingerprint density at radius 3 is 2.91 bits per heavy atom. The molecule has 0 fully saturated rings. The molecule has 1 atom stereocenters. The third-order valence-electron chi connectivity index (χ3n) is 3.88. The molecule has 122 valence electrons. The van der Waals surface area contributed by atoms with Gasteiger partial charge in [-0.15, -0.1) is 0 Å². The maximum absolute atomic E-state index is 10.1. The Morgan fingerprint density at radius 2 is 2.13 bits per heavy atom. The van der Waals surface area contributed by atoms with Gasteiger partial charge in [0.05, 0.1) is 6.10 Å². The average Bonchev–Trinajstić information content (AvgIpc) is 2.53. The van der Waals surface area contributed by atoms with Gasteiger partial charge in [0.2, 0.25) is 11.9 Å². The maximum Gasteiger partial charge on any atom is 0.230 e. The van der Waals surface area contributed by atoms with Crippen molar-refractivity contribution in [2.24, 2.45) is 0 Å². The first-order valence-corrected chi connectivity index (χ1v) is 7.65. The van der Waals surface area contributed by atoms with E-state index in [2.05, 4.69) is 15.0 Å². The summed E-state index contributed by atoms with van der Waals surface area (Å²) in [6.07, 6.45) is 2.26. The molecule has 0 spiro atoms. The zero-order valence-corrected chi connectivity index (χ0v) is 13.4. The number of nitrogens with two attached hydrogens (primary N) is 1. The Labute approximate surface area is 135 Å². The van der Waals surface area contributed by atoms with Gasteiger partial charge >= 0.3 is 0 Å². The maximum atomic E-state index is 10.1. The molecule has 1 aliphatic rings. The Balaban J connectivity index is 1.80. The number of hydrogen-bond acceptors (Lipinski definition) is 7. The van der Waals surface area contributed by atoms with E-state index in [4.69, 9.17) is 10.5 Å². The number of aliphatic hydroxyl groups is 1. The summed E-state index contributed by atoms with van der Waals surface area (Å²) in [6.45, 7) is 0.208. The molecule has 0 saturated heterocycles. The van der Waals surface area contributed by atoms with Gasteiger partial charge in [-0.25, -0.2) is 0 Å². The molecule has 0 saturated carbocycles. The van der Waals surface area contributed by atoms with Crippen LogP contribution in [0.1, 0.15) is 35.9 Å². The minimum atomic E-state index is -0.407. The minimum Gasteiger partial charge on any atom is -0.485 e. The van der Waals surface area contributed by atoms with Crippen LogP contribution in [0.15, 0.2) is 18.2 Å². The van der Waals surface area contributed by atoms with Crippen LogP contribution in [0, 0.1) is 0 Å². The molecule has 0 bridgehead atoms. The summed E-state index contributed by atoms with van der Waals surface area (Å²) in [5.41, 5.74) is 7.74. The van der Waals surface area contributed by atoms with Crippen LogP contribution in [0.4, 0.5) is 11.9 Å². The lowest BCUT2D eigenvalue weighted by molar-refractivity contribution is 0.155. The first-order chi connectivity index (χ1) is 11.0. The lowest BCUT2D eigenvalue weighted by Gasteiger charge is -2.23. The van der Waals surface area contributed by atoms with E-state index in [1.54, 1.807) is 4.90 Å². The highest BCUT2D eigenvalue weighted by Gasteiger charge is 2.21. The number of ether oxygens (including phenoxy) is 1. The number of nitrogens with zero attached hydrogens (tertiary/aromatic N) is 4. The Kier molecular flexibility index (Phi) is 4.29. The Bertz CT molecular complexity index is 705. The molecule has 1 heterocycles. The molecule has 1 unspecified atom stereocenters. The van der Waals surface area contributed by atoms with Gasteiger partial charge in [0.1, 0.15) is 12.4 Å². The second-order valence-electron chi connectivity index (χ2n) is 5.82. The van der Waals surface area contributed by atoms with Gasteiger partial charge in [-0.05, 0) is 36.5 Å². The van der Waals surface area contributed by atoms with E-state index in [0.717, 1.165) is 36.1 Å². The molecule has 3 N–H and O–H groups in total. The third kappa shape index (κ3) is 3.34. The van der Waals surface area contributed by atoms with Crippen molar-refractivity contribution in [1.29, 1.82) is 0 Å². The van der Waals surface area contributed by atoms with E-state index in [1.807, 2.05) is 32.3 Å². The number of fused-ring (bicyclic) bond motifs is 1. The van der Waals surface area contributed by atoms with Gasteiger partial charge in [0, 0.05) is 14.1 Å². The van der Waals surface area contributed by atoms with Crippen molar-refractivity contribution in [1.82, 2.24) is 15.0 Å². The van der Waals surface area contributed by atoms with Crippen molar-refractivity contribution in [2.75, 3.05) is 24.7 Å². The van der Waals surface area contributed by atoms with Gasteiger partial charge in [-0.3, -0.25) is 0 Å². The molecule has 23 heavy (non-hydrogen) atoms. The first-order valence-electron chi connectivity index (χ1n) is 7.65. The van der Waals surface area contributed by atoms with Gasteiger partial charge in [-0.1, -0.05) is 12.1 Å². The molecule has 0 amide bonds. The smallest absolute Gasteiger partial charge is 0.230 e. The first kappa shape index (κ1) is 15.5. The summed E-state index contributed by atoms with van der Waals surface area (Å²) in [4.78, 5) is 14.3. The highest BCUT2D eigenvalue weighted by atomic mass is 16.5. The molecule has 3 rings (SSSR count). The van der Waals surface area contributed by atoms with Crippen LogP contribution in [0.5, 0.6) is 5.75 Å². The van der Waals surface area contributed by atoms with E-state index in [0.29, 0.717) is 11.8 Å². The van der Waals surface area contributed by atoms with Crippen LogP contribution in [0.2, 0.25) is 0 Å². The molecular formula is C16H21N5O2. The number of hydrogen-bond donors (Lipinski definition) is 2. The fourth-order valence-corrected chi connectivity index (χ4v) is 2.76. The largest absolute Gasteiger partial charge is 0.485 e. The van der Waals surface area contributed by atoms with Crippen molar-refractivity contribution >= 4 is 11.9 Å². The van der Waals surface area contributed by atoms with Crippen LogP contribution in [0.25, 0.3) is 0 Å². The van der Waals surface area contributed by atoms with Crippen LogP contribution in [0.3, 0.4) is 0 Å². The van der Waals surface area contributed by atoms with Crippen molar-refractivity contribution in [2.45, 2.75) is 32.0 Å². The van der Waals surface area contributed by atoms with Gasteiger partial charge in [0.25, 0.3) is 0 Å². The molecule has 7 heteroatoms. The summed E-state index contributed by atoms with van der Waals surface area (Å²) in [5.74, 6) is 1.93. The predicted molar refractivity (Wildman–Crippen MR) is 87.2 cm³/mol. The predicted octanol–water partition coefficient (Wildman–Crippen LogP) is 1.47. The lowest BCUT2D eigenvalue weighted by atomic mass is 9.89. The Hall–Kier alpha value is -2.41. The van der Waals surface area contributed by atoms with Crippen molar-refractivity contribution in [3.8, 4) is 5.75 Å². The van der Waals surface area contributed by atoms with E-state index in [9.17, 15) is 5.11 Å². The molecule has 1 aliphatic carbocycles. The van der Waals surface area contributed by atoms with Gasteiger partial charge in [-0.2, -0.15) is 15.0 Å². The summed E-state index contributed by atoms with van der Waals surface area (Å²) in [7, 11) is 3.68. The second-order valence-corrected chi connectivity index (χ2v) is 5.82. The zero-order valence-electron chi connectivity index (χ0n) is 13.4. The topological polar surface area (TPSA) is 97.4 Å². The third-order valence-corrected chi connectivity index (χ3v) is 3.88. The summed E-state index contributed by atoms with van der Waals surface area (Å²) < 4.78 is 5.89. The zero-order chi connectivity index (χ0) is 16.4. The summed E-state index contributed by atoms with van der Waals surface area (Å²) >= 11 is 0. The number of anilines is 2. The van der Waals surface area contributed by atoms with E-state index in [-0.39, 0.29) is 12.6 Å². The highest BCUT2D eigenvalue weighted by molar-refractivity contribution is 5.43. The lowest BCUT2D eigenvalue weighted by Crippen LogP contribution is -2.17. The summed E-state index contributed by atoms with van der Waals surface area (Å²) in [6, 6.07) is 5.76. The molecule has 1 aromatic heterocycles. The normalized spacial score (nSPS) is 16.7. The number of aromatic nitrogens is 3. The molecular weight excluding hydrogens is 294 g/mol. The van der Waals surface area contributed by atoms with E-state index >= 15 is 0 Å². The van der Waals surface area contributed by atoms with E-state index < -0.39 is 6.10 Å². The van der Waals surface area contributed by atoms with Crippen LogP contribution in [-0.4, -0.2) is 34.2 Å². The fraction of sp³-hybridized carbons (Fsp3) is 0.438. The Morgan fingerprint density at radius 1 is 1.30 bits per heavy atom. The number of aliphatic hydroxyl groups excluding tert-OH is 1. The van der Waals surface area contributed by atoms with Gasteiger partial charge in [0.15, 0.2) is 5.82 Å². The molecule has 7 nitrogen and oxygen atoms in total. The van der Waals surface area contributed by atoms with Crippen molar-refractivity contribution < 1.29 is 9.84 Å². The van der Waals surface area contributed by atoms with Crippen LogP contribution < -0.4 is 15.4 Å². The average molecular weight is 315 g/mol. The highest BCUT2D eigenvalue weighted by Crippen LogP contribution is 2.35. The molecule has 0 radical (unpaired) electrons.